The van der Waals surface area contributed by atoms with E-state index in [2.05, 4.69) is 13.5 Å². The zero-order valence-electron chi connectivity index (χ0n) is 9.19. The number of thioether (sulfide) groups is 1. The number of aryl methyl sites for hydroxylation is 1. The van der Waals surface area contributed by atoms with Gasteiger partial charge in [0, 0.05) is 0 Å². The van der Waals surface area contributed by atoms with E-state index in [-0.39, 0.29) is 0 Å². The average Bonchev–Trinajstić information content (AvgIpc) is 2.26. The Kier molecular flexibility index (Phi) is 5.05. The minimum Gasteiger partial charge on any atom is -0.489 e. The molecular weight excluding hydrogens is 204 g/mol. The molecule has 0 aromatic heterocycles. The Hall–Kier alpha value is -1.15. The highest BCUT2D eigenvalue weighted by Gasteiger charge is 1.95. The molecule has 0 amide bonds. The van der Waals surface area contributed by atoms with E-state index in [4.69, 9.17) is 4.74 Å². The molecular formula is C13H16OS. The van der Waals surface area contributed by atoms with Crippen LogP contribution in [0.3, 0.4) is 0 Å². The molecule has 1 nitrogen and oxygen atoms in total. The number of rotatable bonds is 5. The Morgan fingerprint density at radius 3 is 2.60 bits per heavy atom. The summed E-state index contributed by atoms with van der Waals surface area (Å²) in [5.74, 6) is 0.898. The predicted octanol–water partition coefficient (Wildman–Crippen LogP) is 3.81. The molecule has 0 fully saturated rings. The fourth-order valence-electron chi connectivity index (χ4n) is 1.09. The van der Waals surface area contributed by atoms with Gasteiger partial charge in [0.1, 0.15) is 12.4 Å². The molecule has 0 N–H and O–H groups in total. The van der Waals surface area contributed by atoms with Crippen molar-refractivity contribution < 1.29 is 4.74 Å². The Labute approximate surface area is 95.8 Å². The monoisotopic (exact) mass is 220 g/mol. The lowest BCUT2D eigenvalue weighted by molar-refractivity contribution is 0.356. The standard InChI is InChI=1S/C13H16OS/c1-4-12(10-15-3)9-14-13-7-5-11(2)6-8-13/h4-8,10H,1,9H2,2-3H3/b12-10+. The van der Waals surface area contributed by atoms with Crippen LogP contribution < -0.4 is 4.74 Å². The number of hydrogen-bond acceptors (Lipinski definition) is 2. The third-order valence-electron chi connectivity index (χ3n) is 1.96. The molecule has 80 valence electrons. The zero-order chi connectivity index (χ0) is 11.1. The van der Waals surface area contributed by atoms with E-state index in [1.807, 2.05) is 42.0 Å². The maximum Gasteiger partial charge on any atom is 0.119 e. The van der Waals surface area contributed by atoms with Crippen LogP contribution in [0.5, 0.6) is 5.75 Å². The maximum atomic E-state index is 5.61. The molecule has 15 heavy (non-hydrogen) atoms. The summed E-state index contributed by atoms with van der Waals surface area (Å²) in [6.07, 6.45) is 3.85. The average molecular weight is 220 g/mol. The second-order valence-electron chi connectivity index (χ2n) is 3.23. The van der Waals surface area contributed by atoms with Crippen LogP contribution in [0.2, 0.25) is 0 Å². The van der Waals surface area contributed by atoms with E-state index in [0.717, 1.165) is 11.3 Å². The molecule has 0 heterocycles. The highest BCUT2D eigenvalue weighted by Crippen LogP contribution is 2.13. The zero-order valence-corrected chi connectivity index (χ0v) is 10.0. The van der Waals surface area contributed by atoms with Crippen molar-refractivity contribution in [3.63, 3.8) is 0 Å². The number of benzene rings is 1. The molecule has 0 saturated carbocycles. The largest absolute Gasteiger partial charge is 0.489 e. The topological polar surface area (TPSA) is 9.23 Å². The lowest BCUT2D eigenvalue weighted by atomic mass is 10.2. The quantitative estimate of drug-likeness (QED) is 0.698. The van der Waals surface area contributed by atoms with E-state index < -0.39 is 0 Å². The van der Waals surface area contributed by atoms with Gasteiger partial charge in [-0.05, 0) is 36.3 Å². The summed E-state index contributed by atoms with van der Waals surface area (Å²) in [5.41, 5.74) is 2.34. The van der Waals surface area contributed by atoms with Crippen molar-refractivity contribution in [2.24, 2.45) is 0 Å². The molecule has 1 rings (SSSR count). The van der Waals surface area contributed by atoms with Gasteiger partial charge < -0.3 is 4.74 Å². The summed E-state index contributed by atoms with van der Waals surface area (Å²) < 4.78 is 5.61. The van der Waals surface area contributed by atoms with Crippen LogP contribution in [0, 0.1) is 6.92 Å². The van der Waals surface area contributed by atoms with Gasteiger partial charge in [0.05, 0.1) is 0 Å². The number of hydrogen-bond donors (Lipinski definition) is 0. The van der Waals surface area contributed by atoms with Crippen LogP contribution in [-0.4, -0.2) is 12.9 Å². The Morgan fingerprint density at radius 2 is 2.07 bits per heavy atom. The lowest BCUT2D eigenvalue weighted by Gasteiger charge is -2.06. The van der Waals surface area contributed by atoms with Crippen LogP contribution in [-0.2, 0) is 0 Å². The predicted molar refractivity (Wildman–Crippen MR) is 68.5 cm³/mol. The minimum atomic E-state index is 0.577. The van der Waals surface area contributed by atoms with Gasteiger partial charge in [-0.25, -0.2) is 0 Å². The van der Waals surface area contributed by atoms with Crippen LogP contribution in [0.15, 0.2) is 47.9 Å². The Balaban J connectivity index is 2.52. The summed E-state index contributed by atoms with van der Waals surface area (Å²) in [7, 11) is 0. The van der Waals surface area contributed by atoms with E-state index >= 15 is 0 Å². The second-order valence-corrected chi connectivity index (χ2v) is 3.94. The van der Waals surface area contributed by atoms with Crippen LogP contribution in [0.25, 0.3) is 0 Å². The first-order chi connectivity index (χ1) is 7.26. The first-order valence-corrected chi connectivity index (χ1v) is 6.09. The van der Waals surface area contributed by atoms with Gasteiger partial charge in [0.2, 0.25) is 0 Å². The lowest BCUT2D eigenvalue weighted by Crippen LogP contribution is -1.98. The van der Waals surface area contributed by atoms with Gasteiger partial charge >= 0.3 is 0 Å². The highest BCUT2D eigenvalue weighted by molar-refractivity contribution is 8.01. The van der Waals surface area contributed by atoms with E-state index in [0.29, 0.717) is 6.61 Å². The van der Waals surface area contributed by atoms with Gasteiger partial charge in [-0.3, -0.25) is 0 Å². The Morgan fingerprint density at radius 1 is 1.40 bits per heavy atom. The summed E-state index contributed by atoms with van der Waals surface area (Å²) in [6, 6.07) is 8.05. The third kappa shape index (κ3) is 4.26. The first-order valence-electron chi connectivity index (χ1n) is 4.80. The second kappa shape index (κ2) is 6.36. The van der Waals surface area contributed by atoms with Gasteiger partial charge in [0.15, 0.2) is 0 Å². The molecule has 0 bridgehead atoms. The van der Waals surface area contributed by atoms with Crippen LogP contribution >= 0.6 is 11.8 Å². The van der Waals surface area contributed by atoms with Crippen molar-refractivity contribution >= 4 is 11.8 Å². The summed E-state index contributed by atoms with van der Waals surface area (Å²) in [6.45, 7) is 6.38. The third-order valence-corrected chi connectivity index (χ3v) is 2.50. The summed E-state index contributed by atoms with van der Waals surface area (Å²) in [5, 5.41) is 2.04. The summed E-state index contributed by atoms with van der Waals surface area (Å²) in [4.78, 5) is 0. The smallest absolute Gasteiger partial charge is 0.119 e. The minimum absolute atomic E-state index is 0.577. The first kappa shape index (κ1) is 11.9. The molecule has 0 aliphatic heterocycles. The van der Waals surface area contributed by atoms with Crippen molar-refractivity contribution in [2.75, 3.05) is 12.9 Å². The molecule has 1 aromatic rings. The number of ether oxygens (including phenoxy) is 1. The normalized spacial score (nSPS) is 11.2. The van der Waals surface area contributed by atoms with Gasteiger partial charge in [-0.15, -0.1) is 11.8 Å². The van der Waals surface area contributed by atoms with E-state index in [1.165, 1.54) is 5.56 Å². The molecule has 0 aliphatic rings. The fourth-order valence-corrected chi connectivity index (χ4v) is 1.56. The van der Waals surface area contributed by atoms with Crippen molar-refractivity contribution in [3.8, 4) is 5.75 Å². The molecule has 0 radical (unpaired) electrons. The van der Waals surface area contributed by atoms with Gasteiger partial charge in [-0.2, -0.15) is 0 Å². The van der Waals surface area contributed by atoms with E-state index in [1.54, 1.807) is 11.8 Å². The fraction of sp³-hybridized carbons (Fsp3) is 0.231. The van der Waals surface area contributed by atoms with Crippen molar-refractivity contribution in [2.45, 2.75) is 6.92 Å². The van der Waals surface area contributed by atoms with E-state index in [9.17, 15) is 0 Å². The molecule has 2 heteroatoms. The molecule has 0 spiro atoms. The maximum absolute atomic E-state index is 5.61. The van der Waals surface area contributed by atoms with Crippen molar-refractivity contribution in [1.29, 1.82) is 0 Å². The molecule has 1 aromatic carbocycles. The van der Waals surface area contributed by atoms with Gasteiger partial charge in [-0.1, -0.05) is 30.4 Å². The Bertz CT molecular complexity index is 338. The highest BCUT2D eigenvalue weighted by atomic mass is 32.2. The molecule has 0 unspecified atom stereocenters. The molecule has 0 saturated heterocycles. The van der Waals surface area contributed by atoms with Crippen LogP contribution in [0.1, 0.15) is 5.56 Å². The summed E-state index contributed by atoms with van der Waals surface area (Å²) >= 11 is 1.66. The SMILES string of the molecule is C=C/C(=C\SC)COc1ccc(C)cc1. The van der Waals surface area contributed by atoms with Crippen LogP contribution in [0.4, 0.5) is 0 Å². The van der Waals surface area contributed by atoms with Crippen molar-refractivity contribution in [3.05, 3.63) is 53.5 Å². The molecule has 0 atom stereocenters. The molecule has 0 aliphatic carbocycles. The van der Waals surface area contributed by atoms with Crippen molar-refractivity contribution in [1.82, 2.24) is 0 Å². The van der Waals surface area contributed by atoms with Gasteiger partial charge in [0.25, 0.3) is 0 Å².